The van der Waals surface area contributed by atoms with Crippen LogP contribution in [0.25, 0.3) is 0 Å². The average molecular weight is 828 g/mol. The molecule has 0 bridgehead atoms. The van der Waals surface area contributed by atoms with Gasteiger partial charge in [0.05, 0.1) is 25.9 Å². The van der Waals surface area contributed by atoms with E-state index < -0.39 is 99.4 Å². The minimum absolute atomic E-state index is 0.176. The normalized spacial score (nSPS) is 16.9. The number of esters is 1. The maximum absolute atomic E-state index is 14.3. The number of hydrogen-bond donors (Lipinski definition) is 1. The van der Waals surface area contributed by atoms with E-state index in [0.29, 0.717) is 12.2 Å². The van der Waals surface area contributed by atoms with Gasteiger partial charge in [-0.15, -0.1) is 0 Å². The minimum atomic E-state index is -8.91. The van der Waals surface area contributed by atoms with Crippen LogP contribution in [0.4, 0.5) is 74.6 Å². The molecule has 1 N–H and O–H groups in total. The van der Waals surface area contributed by atoms with Gasteiger partial charge in [-0.3, -0.25) is 0 Å². The Hall–Kier alpha value is -2.94. The summed E-state index contributed by atoms with van der Waals surface area (Å²) in [5.41, 5.74) is 0.176. The Labute approximate surface area is 283 Å². The van der Waals surface area contributed by atoms with Crippen molar-refractivity contribution in [1.82, 2.24) is 4.31 Å². The average Bonchev–Trinajstić information content (AvgIpc) is 3.92. The molecule has 27 heteroatoms. The van der Waals surface area contributed by atoms with Crippen LogP contribution in [0, 0.1) is 0 Å². The van der Waals surface area contributed by atoms with Gasteiger partial charge in [0.1, 0.15) is 6.61 Å². The number of aliphatic carboxylic acids is 1. The molecule has 2 saturated heterocycles. The molecule has 2 aliphatic rings. The maximum Gasteiger partial charge on any atom is 0.460 e. The highest BCUT2D eigenvalue weighted by atomic mass is 32.2. The SMILES string of the molecule is C1CO1.C=C(C)C(=O)O.C=CC(=O)OCCN(CCC)S(=O)(=O)C(F)(F)C(F)(F)C(F)(F)C(F)(F)C(F)(F)C(F)(F)C(F)(F)C(F)(F)F.CC1CO1. The van der Waals surface area contributed by atoms with Crippen LogP contribution in [-0.4, -0.2) is 122 Å². The van der Waals surface area contributed by atoms with Crippen LogP contribution in [0.3, 0.4) is 0 Å². The molecule has 0 spiro atoms. The second kappa shape index (κ2) is 17.9. The zero-order chi connectivity index (χ0) is 42.2. The van der Waals surface area contributed by atoms with Gasteiger partial charge in [0.15, 0.2) is 0 Å². The summed E-state index contributed by atoms with van der Waals surface area (Å²) in [6, 6.07) is 0. The molecule has 0 aromatic rings. The molecule has 0 saturated carbocycles. The molecule has 2 heterocycles. The van der Waals surface area contributed by atoms with Crippen molar-refractivity contribution in [3.8, 4) is 0 Å². The first-order valence-corrected chi connectivity index (χ1v) is 15.0. The van der Waals surface area contributed by atoms with Gasteiger partial charge >= 0.3 is 58.9 Å². The van der Waals surface area contributed by atoms with Crippen molar-refractivity contribution in [1.29, 1.82) is 0 Å². The van der Waals surface area contributed by atoms with E-state index >= 15 is 0 Å². The summed E-state index contributed by atoms with van der Waals surface area (Å²) in [6.45, 7) is 9.08. The van der Waals surface area contributed by atoms with Crippen LogP contribution in [0.2, 0.25) is 0 Å². The van der Waals surface area contributed by atoms with Crippen LogP contribution in [0.1, 0.15) is 27.2 Å². The molecular weight excluding hydrogens is 797 g/mol. The zero-order valence-electron chi connectivity index (χ0n) is 26.6. The lowest BCUT2D eigenvalue weighted by Gasteiger charge is -2.43. The summed E-state index contributed by atoms with van der Waals surface area (Å²) < 4.78 is 264. The predicted molar refractivity (Wildman–Crippen MR) is 141 cm³/mol. The number of ether oxygens (including phenoxy) is 3. The van der Waals surface area contributed by atoms with Crippen LogP contribution < -0.4 is 0 Å². The van der Waals surface area contributed by atoms with Crippen molar-refractivity contribution < 1.29 is 112 Å². The van der Waals surface area contributed by atoms with Crippen molar-refractivity contribution >= 4 is 22.0 Å². The number of hydrogen-bond acceptors (Lipinski definition) is 7. The second-order valence-corrected chi connectivity index (χ2v) is 12.1. The largest absolute Gasteiger partial charge is 0.478 e. The fraction of sp³-hybridized carbons (Fsp3) is 0.760. The fourth-order valence-electron chi connectivity index (χ4n) is 2.48. The third-order valence-electron chi connectivity index (χ3n) is 5.65. The Balaban J connectivity index is 0. The van der Waals surface area contributed by atoms with E-state index in [1.165, 1.54) is 6.92 Å². The number of epoxide rings is 2. The van der Waals surface area contributed by atoms with E-state index in [1.807, 2.05) is 0 Å². The summed E-state index contributed by atoms with van der Waals surface area (Å²) in [6.07, 6.45) is -7.58. The van der Waals surface area contributed by atoms with Crippen molar-refractivity contribution in [2.75, 3.05) is 39.5 Å². The topological polar surface area (TPSA) is 126 Å². The van der Waals surface area contributed by atoms with Gasteiger partial charge < -0.3 is 19.3 Å². The molecule has 1 unspecified atom stereocenters. The molecule has 0 radical (unpaired) electrons. The first kappa shape index (κ1) is 51.2. The number of carbonyl (C=O) groups is 2. The summed E-state index contributed by atoms with van der Waals surface area (Å²) in [7, 11) is -7.44. The molecule has 2 rings (SSSR count). The third kappa shape index (κ3) is 11.3. The van der Waals surface area contributed by atoms with E-state index in [0.717, 1.165) is 26.7 Å². The Bertz CT molecular complexity index is 1320. The molecule has 2 fully saturated rings. The van der Waals surface area contributed by atoms with Gasteiger partial charge in [-0.05, 0) is 20.3 Å². The predicted octanol–water partition coefficient (Wildman–Crippen LogP) is 6.79. The highest BCUT2D eigenvalue weighted by Crippen LogP contribution is 2.64. The molecule has 52 heavy (non-hydrogen) atoms. The van der Waals surface area contributed by atoms with E-state index in [1.54, 1.807) is 0 Å². The third-order valence-corrected chi connectivity index (χ3v) is 7.60. The standard InChI is InChI=1S/C16H14F17NO4S.C4H6O2.C3H6O.C2H4O/c1-3-5-34(6-7-38-8(35)4-2)39(36,37)16(32,33)14(27,28)12(23,24)10(19,20)9(17,18)11(21,22)13(25,26)15(29,30)31;1-3(2)4(5)6;1-3-2-4-3;1-2-3-1/h4H,2-3,5-7H2,1H3;1H2,2H3,(H,5,6);3H,2H2,1H3;1-2H2. The lowest BCUT2D eigenvalue weighted by molar-refractivity contribution is -0.458. The van der Waals surface area contributed by atoms with Gasteiger partial charge in [-0.1, -0.05) is 20.1 Å². The quantitative estimate of drug-likeness (QED) is 0.0829. The van der Waals surface area contributed by atoms with Gasteiger partial charge in [-0.25, -0.2) is 18.0 Å². The Morgan fingerprint density at radius 1 is 0.808 bits per heavy atom. The van der Waals surface area contributed by atoms with Crippen molar-refractivity contribution in [3.05, 3.63) is 24.8 Å². The summed E-state index contributed by atoms with van der Waals surface area (Å²) in [5, 5.41) is 0.227. The zero-order valence-corrected chi connectivity index (χ0v) is 27.4. The Morgan fingerprint density at radius 2 is 1.13 bits per heavy atom. The molecule has 1 atom stereocenters. The molecular formula is C25H30F17NO8S. The molecule has 0 amide bonds. The highest BCUT2D eigenvalue weighted by Gasteiger charge is 2.96. The van der Waals surface area contributed by atoms with Gasteiger partial charge in [-0.2, -0.15) is 78.9 Å². The van der Waals surface area contributed by atoms with E-state index in [4.69, 9.17) is 9.84 Å². The number of sulfonamides is 1. The number of carboxylic acids is 1. The van der Waals surface area contributed by atoms with Gasteiger partial charge in [0, 0.05) is 24.7 Å². The Kier molecular flexibility index (Phi) is 17.6. The summed E-state index contributed by atoms with van der Waals surface area (Å²) >= 11 is 0. The van der Waals surface area contributed by atoms with Crippen LogP contribution in [0.15, 0.2) is 24.8 Å². The highest BCUT2D eigenvalue weighted by molar-refractivity contribution is 7.90. The van der Waals surface area contributed by atoms with Gasteiger partial charge in [0.25, 0.3) is 10.0 Å². The Morgan fingerprint density at radius 3 is 1.38 bits per heavy atom. The molecule has 0 aliphatic carbocycles. The first-order chi connectivity index (χ1) is 22.9. The summed E-state index contributed by atoms with van der Waals surface area (Å²) in [5.74, 6) is -54.3. The summed E-state index contributed by atoms with van der Waals surface area (Å²) in [4.78, 5) is 20.5. The van der Waals surface area contributed by atoms with Crippen LogP contribution in [0.5, 0.6) is 0 Å². The molecule has 2 aliphatic heterocycles. The smallest absolute Gasteiger partial charge is 0.460 e. The van der Waals surface area contributed by atoms with Crippen LogP contribution in [-0.2, 0) is 33.8 Å². The number of rotatable bonds is 15. The number of carboxylic acid groups (broad SMARTS) is 1. The van der Waals surface area contributed by atoms with E-state index in [9.17, 15) is 92.6 Å². The van der Waals surface area contributed by atoms with Gasteiger partial charge in [0.2, 0.25) is 0 Å². The van der Waals surface area contributed by atoms with Crippen LogP contribution >= 0.6 is 0 Å². The van der Waals surface area contributed by atoms with Crippen molar-refractivity contribution in [2.45, 2.75) is 80.3 Å². The lowest BCUT2D eigenvalue weighted by Crippen LogP contribution is -2.75. The monoisotopic (exact) mass is 827 g/mol. The number of halogens is 17. The molecule has 9 nitrogen and oxygen atoms in total. The second-order valence-electron chi connectivity index (χ2n) is 10.1. The maximum atomic E-state index is 14.3. The number of nitrogens with zero attached hydrogens (tertiary/aromatic N) is 1. The van der Waals surface area contributed by atoms with E-state index in [-0.39, 0.29) is 5.57 Å². The van der Waals surface area contributed by atoms with Crippen molar-refractivity contribution in [2.24, 2.45) is 0 Å². The molecule has 0 aromatic heterocycles. The number of alkyl halides is 17. The number of carbonyl (C=O) groups excluding carboxylic acids is 1. The molecule has 0 aromatic carbocycles. The first-order valence-electron chi connectivity index (χ1n) is 13.5. The minimum Gasteiger partial charge on any atom is -0.478 e. The fourth-order valence-corrected chi connectivity index (χ4v) is 3.99. The molecule has 308 valence electrons. The van der Waals surface area contributed by atoms with Crippen molar-refractivity contribution in [3.63, 3.8) is 0 Å². The lowest BCUT2D eigenvalue weighted by atomic mass is 9.91. The van der Waals surface area contributed by atoms with E-state index in [2.05, 4.69) is 29.6 Å².